The summed E-state index contributed by atoms with van der Waals surface area (Å²) < 4.78 is 2.46. The highest BCUT2D eigenvalue weighted by molar-refractivity contribution is 5.40. The smallest absolute Gasteiger partial charge is 0.203 e. The van der Waals surface area contributed by atoms with E-state index in [1.54, 1.807) is 0 Å². The molecule has 0 saturated heterocycles. The van der Waals surface area contributed by atoms with Crippen molar-refractivity contribution in [1.82, 2.24) is 9.55 Å². The Labute approximate surface area is 104 Å². The van der Waals surface area contributed by atoms with Crippen LogP contribution in [0, 0.1) is 5.92 Å². The van der Waals surface area contributed by atoms with Crippen LogP contribution in [0.25, 0.3) is 0 Å². The second-order valence-electron chi connectivity index (χ2n) is 6.21. The molecule has 0 aromatic carbocycles. The highest BCUT2D eigenvalue weighted by Crippen LogP contribution is 2.40. The molecule has 17 heavy (non-hydrogen) atoms. The number of hydrogen-bond acceptors (Lipinski definition) is 2. The predicted octanol–water partition coefficient (Wildman–Crippen LogP) is 3.33. The van der Waals surface area contributed by atoms with E-state index in [0.717, 1.165) is 18.3 Å². The monoisotopic (exact) mass is 233 g/mol. The summed E-state index contributed by atoms with van der Waals surface area (Å²) in [5, 5.41) is 3.53. The molecule has 4 atom stereocenters. The third kappa shape index (κ3) is 1.67. The molecule has 4 unspecified atom stereocenters. The van der Waals surface area contributed by atoms with E-state index in [2.05, 4.69) is 37.6 Å². The highest BCUT2D eigenvalue weighted by Gasteiger charge is 2.32. The van der Waals surface area contributed by atoms with Gasteiger partial charge in [0.2, 0.25) is 5.95 Å². The topological polar surface area (TPSA) is 29.9 Å². The summed E-state index contributed by atoms with van der Waals surface area (Å²) >= 11 is 0. The van der Waals surface area contributed by atoms with Gasteiger partial charge in [-0.15, -0.1) is 0 Å². The van der Waals surface area contributed by atoms with Crippen LogP contribution in [0.1, 0.15) is 63.9 Å². The molecule has 3 heteroatoms. The highest BCUT2D eigenvalue weighted by atomic mass is 15.3. The van der Waals surface area contributed by atoms with Crippen LogP contribution in [0.15, 0.2) is 0 Å². The summed E-state index contributed by atoms with van der Waals surface area (Å²) in [6.07, 6.45) is 3.67. The van der Waals surface area contributed by atoms with Crippen molar-refractivity contribution in [3.8, 4) is 0 Å². The SMILES string of the molecule is CC1Cc2nc3n(c2C(C)C1)C(C)CC(C)N3. The van der Waals surface area contributed by atoms with E-state index < -0.39 is 0 Å². The summed E-state index contributed by atoms with van der Waals surface area (Å²) in [6, 6.07) is 1.14. The molecule has 3 nitrogen and oxygen atoms in total. The lowest BCUT2D eigenvalue weighted by atomic mass is 9.84. The van der Waals surface area contributed by atoms with Gasteiger partial charge in [0.1, 0.15) is 0 Å². The van der Waals surface area contributed by atoms with E-state index in [-0.39, 0.29) is 0 Å². The summed E-state index contributed by atoms with van der Waals surface area (Å²) in [6.45, 7) is 9.28. The maximum atomic E-state index is 4.84. The maximum Gasteiger partial charge on any atom is 0.203 e. The van der Waals surface area contributed by atoms with Gasteiger partial charge in [-0.25, -0.2) is 4.98 Å². The molecule has 0 spiro atoms. The fourth-order valence-corrected chi connectivity index (χ4v) is 3.74. The van der Waals surface area contributed by atoms with Crippen molar-refractivity contribution in [2.75, 3.05) is 5.32 Å². The summed E-state index contributed by atoms with van der Waals surface area (Å²) in [5.74, 6) is 2.55. The van der Waals surface area contributed by atoms with Crippen LogP contribution in [0.2, 0.25) is 0 Å². The first-order valence-electron chi connectivity index (χ1n) is 6.93. The van der Waals surface area contributed by atoms with Gasteiger partial charge < -0.3 is 9.88 Å². The van der Waals surface area contributed by atoms with Crippen molar-refractivity contribution in [2.24, 2.45) is 5.92 Å². The quantitative estimate of drug-likeness (QED) is 0.745. The van der Waals surface area contributed by atoms with Gasteiger partial charge in [0.15, 0.2) is 0 Å². The molecule has 0 bridgehead atoms. The Morgan fingerprint density at radius 3 is 2.71 bits per heavy atom. The number of aromatic nitrogens is 2. The third-order valence-electron chi connectivity index (χ3n) is 4.30. The standard InChI is InChI=1S/C14H23N3/c1-8-5-9(2)13-12(6-8)16-14-15-10(3)7-11(4)17(13)14/h8-11H,5-7H2,1-4H3,(H,15,16). The average molecular weight is 233 g/mol. The molecule has 94 valence electrons. The molecule has 1 aromatic heterocycles. The molecule has 1 aliphatic carbocycles. The first-order chi connectivity index (χ1) is 8.06. The van der Waals surface area contributed by atoms with E-state index >= 15 is 0 Å². The Hall–Kier alpha value is -0.990. The van der Waals surface area contributed by atoms with Crippen molar-refractivity contribution < 1.29 is 0 Å². The zero-order valence-corrected chi connectivity index (χ0v) is 11.3. The first-order valence-corrected chi connectivity index (χ1v) is 6.93. The molecule has 2 aliphatic rings. The van der Waals surface area contributed by atoms with Crippen molar-refractivity contribution in [1.29, 1.82) is 0 Å². The van der Waals surface area contributed by atoms with E-state index in [1.165, 1.54) is 24.2 Å². The maximum absolute atomic E-state index is 4.84. The normalized spacial score (nSPS) is 36.0. The molecule has 1 aliphatic heterocycles. The molecule has 2 heterocycles. The van der Waals surface area contributed by atoms with Gasteiger partial charge >= 0.3 is 0 Å². The Kier molecular flexibility index (Phi) is 2.46. The zero-order chi connectivity index (χ0) is 12.2. The number of nitrogens with zero attached hydrogens (tertiary/aromatic N) is 2. The Morgan fingerprint density at radius 1 is 1.18 bits per heavy atom. The number of nitrogens with one attached hydrogen (secondary N) is 1. The Bertz CT molecular complexity index is 396. The first kappa shape index (κ1) is 11.1. The third-order valence-corrected chi connectivity index (χ3v) is 4.30. The molecular formula is C14H23N3. The minimum absolute atomic E-state index is 0.550. The van der Waals surface area contributed by atoms with E-state index in [1.807, 2.05) is 0 Å². The molecule has 0 saturated carbocycles. The Morgan fingerprint density at radius 2 is 1.94 bits per heavy atom. The van der Waals surface area contributed by atoms with Crippen molar-refractivity contribution in [3.05, 3.63) is 11.4 Å². The van der Waals surface area contributed by atoms with E-state index in [4.69, 9.17) is 4.98 Å². The van der Waals surface area contributed by atoms with Gasteiger partial charge in [0.05, 0.1) is 5.69 Å². The number of imidazole rings is 1. The van der Waals surface area contributed by atoms with Crippen LogP contribution in [-0.4, -0.2) is 15.6 Å². The van der Waals surface area contributed by atoms with Crippen LogP contribution < -0.4 is 5.32 Å². The van der Waals surface area contributed by atoms with Crippen LogP contribution in [0.3, 0.4) is 0 Å². The number of anilines is 1. The Balaban J connectivity index is 2.09. The van der Waals surface area contributed by atoms with Gasteiger partial charge in [-0.3, -0.25) is 0 Å². The summed E-state index contributed by atoms with van der Waals surface area (Å²) in [7, 11) is 0. The van der Waals surface area contributed by atoms with Crippen molar-refractivity contribution >= 4 is 5.95 Å². The second kappa shape index (κ2) is 3.76. The second-order valence-corrected chi connectivity index (χ2v) is 6.21. The number of hydrogen-bond donors (Lipinski definition) is 1. The molecule has 1 aromatic rings. The average Bonchev–Trinajstić information content (AvgIpc) is 2.55. The molecule has 0 amide bonds. The van der Waals surface area contributed by atoms with Crippen LogP contribution >= 0.6 is 0 Å². The number of fused-ring (bicyclic) bond motifs is 3. The largest absolute Gasteiger partial charge is 0.353 e. The predicted molar refractivity (Wildman–Crippen MR) is 70.5 cm³/mol. The van der Waals surface area contributed by atoms with Gasteiger partial charge in [-0.1, -0.05) is 13.8 Å². The lowest BCUT2D eigenvalue weighted by Gasteiger charge is -2.32. The minimum Gasteiger partial charge on any atom is -0.353 e. The van der Waals surface area contributed by atoms with Gasteiger partial charge in [0, 0.05) is 17.8 Å². The van der Waals surface area contributed by atoms with Crippen molar-refractivity contribution in [3.63, 3.8) is 0 Å². The van der Waals surface area contributed by atoms with Crippen molar-refractivity contribution in [2.45, 2.75) is 65.0 Å². The lowest BCUT2D eigenvalue weighted by molar-refractivity contribution is 0.391. The zero-order valence-electron chi connectivity index (χ0n) is 11.3. The summed E-state index contributed by atoms with van der Waals surface area (Å²) in [5.41, 5.74) is 2.85. The molecule has 3 rings (SSSR count). The van der Waals surface area contributed by atoms with Crippen LogP contribution in [0.5, 0.6) is 0 Å². The van der Waals surface area contributed by atoms with E-state index in [9.17, 15) is 0 Å². The van der Waals surface area contributed by atoms with Gasteiger partial charge in [-0.05, 0) is 44.9 Å². The molecule has 0 radical (unpaired) electrons. The molecule has 1 N–H and O–H groups in total. The lowest BCUT2D eigenvalue weighted by Crippen LogP contribution is -2.30. The minimum atomic E-state index is 0.550. The van der Waals surface area contributed by atoms with Crippen LogP contribution in [-0.2, 0) is 6.42 Å². The van der Waals surface area contributed by atoms with Gasteiger partial charge in [-0.2, -0.15) is 0 Å². The van der Waals surface area contributed by atoms with E-state index in [0.29, 0.717) is 18.0 Å². The van der Waals surface area contributed by atoms with Crippen LogP contribution in [0.4, 0.5) is 5.95 Å². The summed E-state index contributed by atoms with van der Waals surface area (Å²) in [4.78, 5) is 4.84. The molecular weight excluding hydrogens is 210 g/mol. The number of rotatable bonds is 0. The fraction of sp³-hybridized carbons (Fsp3) is 0.786. The molecule has 0 fully saturated rings. The fourth-order valence-electron chi connectivity index (χ4n) is 3.74. The van der Waals surface area contributed by atoms with Gasteiger partial charge in [0.25, 0.3) is 0 Å².